The zero-order chi connectivity index (χ0) is 25.5. The number of rotatable bonds is 7. The monoisotopic (exact) mass is 468 g/mol. The molecule has 2 fully saturated rings. The van der Waals surface area contributed by atoms with Crippen LogP contribution in [0.15, 0.2) is 36.0 Å². The zero-order valence-corrected chi connectivity index (χ0v) is 22.9. The summed E-state index contributed by atoms with van der Waals surface area (Å²) < 4.78 is 5.00. The Morgan fingerprint density at radius 2 is 1.79 bits per heavy atom. The zero-order valence-electron chi connectivity index (χ0n) is 22.9. The van der Waals surface area contributed by atoms with Crippen LogP contribution in [0.2, 0.25) is 0 Å². The van der Waals surface area contributed by atoms with Gasteiger partial charge in [-0.05, 0) is 93.3 Å². The Kier molecular flexibility index (Phi) is 7.76. The Bertz CT molecular complexity index is 877. The van der Waals surface area contributed by atoms with E-state index in [4.69, 9.17) is 4.74 Å². The molecule has 0 spiro atoms. The quantitative estimate of drug-likeness (QED) is 0.282. The Morgan fingerprint density at radius 1 is 1.15 bits per heavy atom. The second-order valence-electron chi connectivity index (χ2n) is 12.7. The molecule has 0 amide bonds. The molecule has 3 aliphatic rings. The summed E-state index contributed by atoms with van der Waals surface area (Å²) >= 11 is 0. The molecule has 34 heavy (non-hydrogen) atoms. The topological polar surface area (TPSA) is 43.4 Å². The number of allylic oxidation sites excluding steroid dienone is 4. The van der Waals surface area contributed by atoms with E-state index in [0.29, 0.717) is 42.3 Å². The second kappa shape index (κ2) is 9.78. The third kappa shape index (κ3) is 4.61. The lowest BCUT2D eigenvalue weighted by molar-refractivity contribution is -0.145. The normalized spacial score (nSPS) is 37.6. The van der Waals surface area contributed by atoms with Gasteiger partial charge in [-0.15, -0.1) is 0 Å². The SMILES string of the molecule is C=C(C)[C@@H]1CC=C(C)[C@H](CC[C@H]2C(=C)CC[C@H]3C(C)(C)C(=O)CC[C@]23C)[C@@]1(C)CCC(=O)OC. The first-order valence-electron chi connectivity index (χ1n) is 13.4. The van der Waals surface area contributed by atoms with Crippen LogP contribution < -0.4 is 0 Å². The highest BCUT2D eigenvalue weighted by atomic mass is 16.5. The van der Waals surface area contributed by atoms with Gasteiger partial charge < -0.3 is 4.74 Å². The van der Waals surface area contributed by atoms with Gasteiger partial charge in [0.1, 0.15) is 5.78 Å². The molecule has 0 bridgehead atoms. The van der Waals surface area contributed by atoms with Crippen molar-refractivity contribution < 1.29 is 14.3 Å². The number of esters is 1. The third-order valence-electron chi connectivity index (χ3n) is 10.6. The first-order valence-corrected chi connectivity index (χ1v) is 13.4. The molecular formula is C31H48O3. The molecule has 0 aromatic heterocycles. The highest BCUT2D eigenvalue weighted by Crippen LogP contribution is 2.62. The number of carbonyl (C=O) groups is 2. The van der Waals surface area contributed by atoms with Crippen LogP contribution in [0.25, 0.3) is 0 Å². The van der Waals surface area contributed by atoms with Crippen molar-refractivity contribution in [2.24, 2.45) is 39.9 Å². The predicted molar refractivity (Wildman–Crippen MR) is 140 cm³/mol. The van der Waals surface area contributed by atoms with Gasteiger partial charge in [-0.3, -0.25) is 9.59 Å². The van der Waals surface area contributed by atoms with Gasteiger partial charge in [-0.25, -0.2) is 0 Å². The number of ether oxygens (including phenoxy) is 1. The fourth-order valence-electron chi connectivity index (χ4n) is 8.46. The van der Waals surface area contributed by atoms with Crippen LogP contribution in [0, 0.1) is 39.9 Å². The standard InChI is InChI=1S/C31H48O3/c1-20(2)23-12-10-21(3)24(30(23,7)19-17-28(33)34-9)13-14-25-22(4)11-15-26-29(5,6)27(32)16-18-31(25,26)8/h10,23-26H,1,4,11-19H2,2-3,5-9H3/t23-,24-,25-,26-,30-,31+/m0/s1. The Balaban J connectivity index is 1.88. The highest BCUT2D eigenvalue weighted by Gasteiger charge is 2.56. The molecule has 0 aromatic carbocycles. The Morgan fingerprint density at radius 3 is 2.41 bits per heavy atom. The van der Waals surface area contributed by atoms with E-state index in [-0.39, 0.29) is 22.2 Å². The summed E-state index contributed by atoms with van der Waals surface area (Å²) in [6.45, 7) is 22.5. The maximum Gasteiger partial charge on any atom is 0.305 e. The number of methoxy groups -OCH3 is 1. The average molecular weight is 469 g/mol. The van der Waals surface area contributed by atoms with Crippen molar-refractivity contribution in [1.29, 1.82) is 0 Å². The maximum absolute atomic E-state index is 12.8. The molecule has 0 aliphatic heterocycles. The highest BCUT2D eigenvalue weighted by molar-refractivity contribution is 5.85. The molecule has 0 N–H and O–H groups in total. The van der Waals surface area contributed by atoms with Crippen molar-refractivity contribution in [2.75, 3.05) is 7.11 Å². The van der Waals surface area contributed by atoms with Crippen LogP contribution in [0.5, 0.6) is 0 Å². The van der Waals surface area contributed by atoms with Crippen LogP contribution in [0.4, 0.5) is 0 Å². The van der Waals surface area contributed by atoms with E-state index in [1.54, 1.807) is 0 Å². The molecule has 3 heteroatoms. The third-order valence-corrected chi connectivity index (χ3v) is 10.6. The van der Waals surface area contributed by atoms with E-state index < -0.39 is 0 Å². The van der Waals surface area contributed by atoms with Crippen molar-refractivity contribution in [3.63, 3.8) is 0 Å². The molecule has 0 radical (unpaired) electrons. The van der Waals surface area contributed by atoms with Crippen molar-refractivity contribution in [2.45, 2.75) is 99.3 Å². The molecule has 3 rings (SSSR count). The first kappa shape index (κ1) is 27.0. The van der Waals surface area contributed by atoms with E-state index in [1.807, 2.05) is 0 Å². The molecular weight excluding hydrogens is 420 g/mol. The lowest BCUT2D eigenvalue weighted by Gasteiger charge is -2.57. The second-order valence-corrected chi connectivity index (χ2v) is 12.7. The van der Waals surface area contributed by atoms with Gasteiger partial charge >= 0.3 is 5.97 Å². The van der Waals surface area contributed by atoms with E-state index in [0.717, 1.165) is 44.9 Å². The molecule has 3 aliphatic carbocycles. The average Bonchev–Trinajstić information content (AvgIpc) is 2.76. The van der Waals surface area contributed by atoms with Crippen LogP contribution in [-0.4, -0.2) is 18.9 Å². The van der Waals surface area contributed by atoms with Gasteiger partial charge in [0.2, 0.25) is 0 Å². The lowest BCUT2D eigenvalue weighted by atomic mass is 9.46. The van der Waals surface area contributed by atoms with E-state index >= 15 is 0 Å². The van der Waals surface area contributed by atoms with Crippen LogP contribution >= 0.6 is 0 Å². The number of Topliss-reactive ketones (excluding diaryl/α,β-unsaturated/α-hetero) is 1. The molecule has 0 heterocycles. The summed E-state index contributed by atoms with van der Waals surface area (Å²) in [5, 5.41) is 0. The van der Waals surface area contributed by atoms with E-state index in [1.165, 1.54) is 23.8 Å². The van der Waals surface area contributed by atoms with Crippen molar-refractivity contribution in [3.05, 3.63) is 36.0 Å². The summed E-state index contributed by atoms with van der Waals surface area (Å²) in [5.74, 6) is 1.96. The van der Waals surface area contributed by atoms with Gasteiger partial charge in [0, 0.05) is 18.3 Å². The van der Waals surface area contributed by atoms with Crippen molar-refractivity contribution >= 4 is 11.8 Å². The molecule has 3 nitrogen and oxygen atoms in total. The maximum atomic E-state index is 12.8. The molecule has 190 valence electrons. The molecule has 0 unspecified atom stereocenters. The summed E-state index contributed by atoms with van der Waals surface area (Å²) in [6, 6.07) is 0. The fourth-order valence-corrected chi connectivity index (χ4v) is 8.46. The molecule has 0 aromatic rings. The van der Waals surface area contributed by atoms with Crippen molar-refractivity contribution in [1.82, 2.24) is 0 Å². The van der Waals surface area contributed by atoms with Crippen LogP contribution in [-0.2, 0) is 14.3 Å². The minimum Gasteiger partial charge on any atom is -0.469 e. The van der Waals surface area contributed by atoms with Crippen LogP contribution in [0.1, 0.15) is 99.3 Å². The number of fused-ring (bicyclic) bond motifs is 1. The number of ketones is 1. The lowest BCUT2D eigenvalue weighted by Crippen LogP contribution is -2.53. The fraction of sp³-hybridized carbons (Fsp3) is 0.742. The van der Waals surface area contributed by atoms with E-state index in [9.17, 15) is 9.59 Å². The predicted octanol–water partition coefficient (Wildman–Crippen LogP) is 7.86. The minimum atomic E-state index is -0.243. The Labute approximate surface area is 208 Å². The molecule has 0 saturated heterocycles. The smallest absolute Gasteiger partial charge is 0.305 e. The summed E-state index contributed by atoms with van der Waals surface area (Å²) in [6.07, 6.45) is 10.7. The van der Waals surface area contributed by atoms with Gasteiger partial charge in [0.25, 0.3) is 0 Å². The largest absolute Gasteiger partial charge is 0.469 e. The first-order chi connectivity index (χ1) is 15.8. The number of carbonyl (C=O) groups excluding carboxylic acids is 2. The molecule has 2 saturated carbocycles. The number of hydrogen-bond acceptors (Lipinski definition) is 3. The van der Waals surface area contributed by atoms with Gasteiger partial charge in [-0.2, -0.15) is 0 Å². The van der Waals surface area contributed by atoms with Crippen molar-refractivity contribution in [3.8, 4) is 0 Å². The van der Waals surface area contributed by atoms with Gasteiger partial charge in [-0.1, -0.05) is 63.6 Å². The minimum absolute atomic E-state index is 0.0169. The summed E-state index contributed by atoms with van der Waals surface area (Å²) in [5.41, 5.74) is 3.92. The van der Waals surface area contributed by atoms with Gasteiger partial charge in [0.05, 0.1) is 7.11 Å². The van der Waals surface area contributed by atoms with Gasteiger partial charge in [0.15, 0.2) is 0 Å². The Hall–Kier alpha value is -1.64. The van der Waals surface area contributed by atoms with Crippen LogP contribution in [0.3, 0.4) is 0 Å². The number of hydrogen-bond donors (Lipinski definition) is 0. The summed E-state index contributed by atoms with van der Waals surface area (Å²) in [4.78, 5) is 24.9. The summed E-state index contributed by atoms with van der Waals surface area (Å²) in [7, 11) is 1.48. The van der Waals surface area contributed by atoms with E-state index in [2.05, 4.69) is 60.8 Å². The molecule has 6 atom stereocenters.